The van der Waals surface area contributed by atoms with Crippen LogP contribution in [0.15, 0.2) is 28.2 Å². The third-order valence-corrected chi connectivity index (χ3v) is 4.47. The number of aryl methyl sites for hydroxylation is 2. The highest BCUT2D eigenvalue weighted by atomic mass is 32.1. The van der Waals surface area contributed by atoms with Crippen LogP contribution in [-0.4, -0.2) is 31.4 Å². The normalized spacial score (nSPS) is 12.7. The third-order valence-electron chi connectivity index (χ3n) is 3.35. The van der Waals surface area contributed by atoms with Crippen molar-refractivity contribution in [3.05, 3.63) is 45.5 Å². The van der Waals surface area contributed by atoms with Gasteiger partial charge in [0, 0.05) is 17.0 Å². The van der Waals surface area contributed by atoms with Crippen LogP contribution in [0.2, 0.25) is 0 Å². The van der Waals surface area contributed by atoms with Gasteiger partial charge in [0.15, 0.2) is 5.76 Å². The Hall–Kier alpha value is -1.59. The first-order valence-corrected chi connectivity index (χ1v) is 7.41. The minimum absolute atomic E-state index is 0.159. The molecule has 2 heterocycles. The first kappa shape index (κ1) is 14.8. The zero-order chi connectivity index (χ0) is 14.7. The summed E-state index contributed by atoms with van der Waals surface area (Å²) in [5, 5.41) is 5.04. The van der Waals surface area contributed by atoms with Crippen molar-refractivity contribution < 1.29 is 9.21 Å². The fourth-order valence-corrected chi connectivity index (χ4v) is 3.23. The Morgan fingerprint density at radius 1 is 1.35 bits per heavy atom. The second-order valence-electron chi connectivity index (χ2n) is 5.09. The molecule has 0 aliphatic carbocycles. The Labute approximate surface area is 123 Å². The predicted molar refractivity (Wildman–Crippen MR) is 81.3 cm³/mol. The van der Waals surface area contributed by atoms with Gasteiger partial charge in [0.05, 0.1) is 12.3 Å². The SMILES string of the molecule is Cc1ccoc1C(=O)NCC(c1sccc1C)N(C)C. The van der Waals surface area contributed by atoms with E-state index in [0.717, 1.165) is 5.56 Å². The largest absolute Gasteiger partial charge is 0.459 e. The lowest BCUT2D eigenvalue weighted by molar-refractivity contribution is 0.0913. The molecule has 0 fully saturated rings. The molecule has 108 valence electrons. The van der Waals surface area contributed by atoms with E-state index in [4.69, 9.17) is 4.42 Å². The lowest BCUT2D eigenvalue weighted by Gasteiger charge is -2.24. The number of carbonyl (C=O) groups excluding carboxylic acids is 1. The van der Waals surface area contributed by atoms with Gasteiger partial charge in [-0.2, -0.15) is 0 Å². The van der Waals surface area contributed by atoms with Crippen LogP contribution in [0, 0.1) is 13.8 Å². The summed E-state index contributed by atoms with van der Waals surface area (Å²) >= 11 is 1.72. The van der Waals surface area contributed by atoms with E-state index < -0.39 is 0 Å². The molecule has 5 heteroatoms. The van der Waals surface area contributed by atoms with Crippen molar-refractivity contribution in [1.29, 1.82) is 0 Å². The molecule has 0 bridgehead atoms. The van der Waals surface area contributed by atoms with E-state index >= 15 is 0 Å². The summed E-state index contributed by atoms with van der Waals surface area (Å²) in [6.45, 7) is 4.53. The smallest absolute Gasteiger partial charge is 0.287 e. The molecule has 0 radical (unpaired) electrons. The molecule has 2 rings (SSSR count). The Morgan fingerprint density at radius 2 is 2.10 bits per heavy atom. The topological polar surface area (TPSA) is 45.5 Å². The second-order valence-corrected chi connectivity index (χ2v) is 6.04. The maximum Gasteiger partial charge on any atom is 0.287 e. The Bertz CT molecular complexity index is 586. The van der Waals surface area contributed by atoms with E-state index in [1.807, 2.05) is 21.0 Å². The molecule has 0 aromatic carbocycles. The molecular formula is C15H20N2O2S. The van der Waals surface area contributed by atoms with Crippen LogP contribution in [0.3, 0.4) is 0 Å². The number of hydrogen-bond donors (Lipinski definition) is 1. The molecule has 2 aromatic rings. The number of thiophene rings is 1. The van der Waals surface area contributed by atoms with Crippen LogP contribution in [0.25, 0.3) is 0 Å². The summed E-state index contributed by atoms with van der Waals surface area (Å²) in [6.07, 6.45) is 1.54. The van der Waals surface area contributed by atoms with Crippen LogP contribution >= 0.6 is 11.3 Å². The predicted octanol–water partition coefficient (Wildman–Crippen LogP) is 2.99. The quantitative estimate of drug-likeness (QED) is 0.921. The lowest BCUT2D eigenvalue weighted by Crippen LogP contribution is -2.34. The van der Waals surface area contributed by atoms with Gasteiger partial charge in [-0.15, -0.1) is 11.3 Å². The van der Waals surface area contributed by atoms with Crippen molar-refractivity contribution >= 4 is 17.2 Å². The molecular weight excluding hydrogens is 272 g/mol. The van der Waals surface area contributed by atoms with Crippen molar-refractivity contribution in [2.75, 3.05) is 20.6 Å². The highest BCUT2D eigenvalue weighted by Gasteiger charge is 2.20. The fourth-order valence-electron chi connectivity index (χ4n) is 2.11. The summed E-state index contributed by atoms with van der Waals surface area (Å²) in [5.74, 6) is 0.235. The van der Waals surface area contributed by atoms with Crippen LogP contribution in [0.1, 0.15) is 32.6 Å². The van der Waals surface area contributed by atoms with Crippen molar-refractivity contribution in [1.82, 2.24) is 10.2 Å². The van der Waals surface area contributed by atoms with E-state index in [2.05, 4.69) is 28.6 Å². The summed E-state index contributed by atoms with van der Waals surface area (Å²) in [4.78, 5) is 15.5. The average Bonchev–Trinajstić information content (AvgIpc) is 2.98. The van der Waals surface area contributed by atoms with Crippen molar-refractivity contribution in [2.45, 2.75) is 19.9 Å². The van der Waals surface area contributed by atoms with Crippen molar-refractivity contribution in [2.24, 2.45) is 0 Å². The number of rotatable bonds is 5. The highest BCUT2D eigenvalue weighted by molar-refractivity contribution is 7.10. The maximum atomic E-state index is 12.1. The summed E-state index contributed by atoms with van der Waals surface area (Å²) in [5.41, 5.74) is 2.12. The molecule has 1 unspecified atom stereocenters. The van der Waals surface area contributed by atoms with Crippen LogP contribution in [-0.2, 0) is 0 Å². The zero-order valence-corrected chi connectivity index (χ0v) is 13.1. The zero-order valence-electron chi connectivity index (χ0n) is 12.3. The molecule has 2 aromatic heterocycles. The van der Waals surface area contributed by atoms with E-state index in [1.54, 1.807) is 17.4 Å². The minimum atomic E-state index is -0.159. The fraction of sp³-hybridized carbons (Fsp3) is 0.400. The van der Waals surface area contributed by atoms with Crippen LogP contribution in [0.5, 0.6) is 0 Å². The molecule has 0 spiro atoms. The Balaban J connectivity index is 2.06. The third kappa shape index (κ3) is 3.11. The number of furan rings is 1. The van der Waals surface area contributed by atoms with Gasteiger partial charge in [0.2, 0.25) is 0 Å². The minimum Gasteiger partial charge on any atom is -0.459 e. The lowest BCUT2D eigenvalue weighted by atomic mass is 10.1. The van der Waals surface area contributed by atoms with E-state index in [-0.39, 0.29) is 11.9 Å². The van der Waals surface area contributed by atoms with Gasteiger partial charge in [-0.3, -0.25) is 4.79 Å². The van der Waals surface area contributed by atoms with E-state index in [0.29, 0.717) is 12.3 Å². The molecule has 1 amide bonds. The average molecular weight is 292 g/mol. The molecule has 20 heavy (non-hydrogen) atoms. The summed E-state index contributed by atoms with van der Waals surface area (Å²) in [7, 11) is 4.04. The van der Waals surface area contributed by atoms with Crippen LogP contribution in [0.4, 0.5) is 0 Å². The number of amides is 1. The van der Waals surface area contributed by atoms with Gasteiger partial charge in [-0.1, -0.05) is 0 Å². The number of likely N-dealkylation sites (N-methyl/N-ethyl adjacent to an activating group) is 1. The van der Waals surface area contributed by atoms with E-state index in [9.17, 15) is 4.79 Å². The summed E-state index contributed by atoms with van der Waals surface area (Å²) in [6, 6.07) is 4.07. The number of nitrogens with one attached hydrogen (secondary N) is 1. The Morgan fingerprint density at radius 3 is 2.60 bits per heavy atom. The monoisotopic (exact) mass is 292 g/mol. The first-order chi connectivity index (χ1) is 9.50. The van der Waals surface area contributed by atoms with Crippen molar-refractivity contribution in [3.63, 3.8) is 0 Å². The molecule has 1 atom stereocenters. The number of nitrogens with zero attached hydrogens (tertiary/aromatic N) is 1. The standard InChI is InChI=1S/C15H20N2O2S/c1-10-5-7-19-13(10)15(18)16-9-12(17(3)4)14-11(2)6-8-20-14/h5-8,12H,9H2,1-4H3,(H,16,18). The number of hydrogen-bond acceptors (Lipinski definition) is 4. The summed E-state index contributed by atoms with van der Waals surface area (Å²) < 4.78 is 5.21. The second kappa shape index (κ2) is 6.24. The molecule has 4 nitrogen and oxygen atoms in total. The highest BCUT2D eigenvalue weighted by Crippen LogP contribution is 2.26. The Kier molecular flexibility index (Phi) is 4.62. The first-order valence-electron chi connectivity index (χ1n) is 6.53. The molecule has 0 aliphatic rings. The van der Waals surface area contributed by atoms with Gasteiger partial charge < -0.3 is 14.6 Å². The molecule has 0 aliphatic heterocycles. The molecule has 0 saturated heterocycles. The van der Waals surface area contributed by atoms with Gasteiger partial charge >= 0.3 is 0 Å². The van der Waals surface area contributed by atoms with Gasteiger partial charge in [-0.25, -0.2) is 0 Å². The van der Waals surface area contributed by atoms with E-state index in [1.165, 1.54) is 16.7 Å². The van der Waals surface area contributed by atoms with Crippen LogP contribution < -0.4 is 5.32 Å². The molecule has 0 saturated carbocycles. The maximum absolute atomic E-state index is 12.1. The van der Waals surface area contributed by atoms with Gasteiger partial charge in [-0.05, 0) is 51.0 Å². The van der Waals surface area contributed by atoms with Crippen molar-refractivity contribution in [3.8, 4) is 0 Å². The van der Waals surface area contributed by atoms with Gasteiger partial charge in [0.25, 0.3) is 5.91 Å². The molecule has 1 N–H and O–H groups in total. The van der Waals surface area contributed by atoms with Gasteiger partial charge in [0.1, 0.15) is 0 Å². The number of carbonyl (C=O) groups is 1.